The van der Waals surface area contributed by atoms with Crippen LogP contribution in [0, 0.1) is 0 Å². The van der Waals surface area contributed by atoms with Crippen LogP contribution >= 0.6 is 0 Å². The molecule has 0 bridgehead atoms. The maximum absolute atomic E-state index is 12.2. The highest BCUT2D eigenvalue weighted by Crippen LogP contribution is 2.11. The number of hydrogen-bond acceptors (Lipinski definition) is 5. The van der Waals surface area contributed by atoms with Crippen molar-refractivity contribution in [3.05, 3.63) is 54.0 Å². The Hall–Kier alpha value is -2.80. The first kappa shape index (κ1) is 19.9. The molecule has 0 aliphatic carbocycles. The van der Waals surface area contributed by atoms with Gasteiger partial charge in [0, 0.05) is 45.7 Å². The van der Waals surface area contributed by atoms with Crippen molar-refractivity contribution in [2.24, 2.45) is 0 Å². The molecule has 150 valence electrons. The molecule has 2 heterocycles. The number of nitrogens with zero attached hydrogens (tertiary/aromatic N) is 2. The minimum atomic E-state index is -0.0686. The molecule has 1 aliphatic heterocycles. The fourth-order valence-corrected chi connectivity index (χ4v) is 3.22. The van der Waals surface area contributed by atoms with E-state index in [2.05, 4.69) is 10.2 Å². The van der Waals surface area contributed by atoms with E-state index < -0.39 is 0 Å². The third kappa shape index (κ3) is 5.60. The van der Waals surface area contributed by atoms with Gasteiger partial charge in [-0.05, 0) is 36.2 Å². The molecule has 0 unspecified atom stereocenters. The van der Waals surface area contributed by atoms with Crippen LogP contribution in [0.25, 0.3) is 0 Å². The van der Waals surface area contributed by atoms with E-state index in [-0.39, 0.29) is 11.8 Å². The van der Waals surface area contributed by atoms with Crippen LogP contribution in [0.15, 0.2) is 47.1 Å². The van der Waals surface area contributed by atoms with Crippen LogP contribution in [0.4, 0.5) is 0 Å². The van der Waals surface area contributed by atoms with Crippen molar-refractivity contribution in [3.8, 4) is 5.75 Å². The topological polar surface area (TPSA) is 75.0 Å². The number of rotatable bonds is 8. The smallest absolute Gasteiger partial charge is 0.289 e. The predicted octanol–water partition coefficient (Wildman–Crippen LogP) is 1.79. The Kier molecular flexibility index (Phi) is 7.08. The Bertz CT molecular complexity index is 750. The van der Waals surface area contributed by atoms with E-state index in [9.17, 15) is 9.59 Å². The van der Waals surface area contributed by atoms with Crippen molar-refractivity contribution in [3.63, 3.8) is 0 Å². The Balaban J connectivity index is 1.30. The summed E-state index contributed by atoms with van der Waals surface area (Å²) >= 11 is 0. The van der Waals surface area contributed by atoms with E-state index in [1.807, 2.05) is 24.3 Å². The van der Waals surface area contributed by atoms with Crippen LogP contribution in [0.3, 0.4) is 0 Å². The van der Waals surface area contributed by atoms with Gasteiger partial charge in [0.15, 0.2) is 5.76 Å². The Morgan fingerprint density at radius 1 is 1.11 bits per heavy atom. The monoisotopic (exact) mass is 385 g/mol. The number of piperazine rings is 1. The van der Waals surface area contributed by atoms with Gasteiger partial charge >= 0.3 is 0 Å². The van der Waals surface area contributed by atoms with Gasteiger partial charge in [0.25, 0.3) is 5.91 Å². The summed E-state index contributed by atoms with van der Waals surface area (Å²) in [5.41, 5.74) is 1.17. The third-order valence-electron chi connectivity index (χ3n) is 4.94. The second-order valence-electron chi connectivity index (χ2n) is 6.81. The number of hydrogen-bond donors (Lipinski definition) is 1. The van der Waals surface area contributed by atoms with Crippen LogP contribution in [0.5, 0.6) is 5.75 Å². The lowest BCUT2D eigenvalue weighted by atomic mass is 10.1. The molecule has 1 aromatic carbocycles. The first-order valence-corrected chi connectivity index (χ1v) is 9.60. The van der Waals surface area contributed by atoms with Crippen molar-refractivity contribution in [1.82, 2.24) is 15.1 Å². The standard InChI is InChI=1S/C21H27N3O4/c1-27-18-6-4-17(5-7-18)8-10-22-20(25)9-11-23-12-14-24(15-13-23)21(26)19-3-2-16-28-19/h2-7,16H,8-15H2,1H3,(H,22,25). The Morgan fingerprint density at radius 3 is 2.50 bits per heavy atom. The molecule has 0 atom stereocenters. The average molecular weight is 385 g/mol. The number of ether oxygens (including phenoxy) is 1. The molecular formula is C21H27N3O4. The molecule has 7 nitrogen and oxygen atoms in total. The van der Waals surface area contributed by atoms with Crippen molar-refractivity contribution in [1.29, 1.82) is 0 Å². The van der Waals surface area contributed by atoms with E-state index in [1.54, 1.807) is 24.1 Å². The number of nitrogens with one attached hydrogen (secondary N) is 1. The molecule has 7 heteroatoms. The van der Waals surface area contributed by atoms with Gasteiger partial charge in [0.05, 0.1) is 13.4 Å². The van der Waals surface area contributed by atoms with Gasteiger partial charge in [-0.25, -0.2) is 0 Å². The predicted molar refractivity (Wildman–Crippen MR) is 105 cm³/mol. The molecule has 1 aliphatic rings. The highest BCUT2D eigenvalue weighted by Gasteiger charge is 2.23. The van der Waals surface area contributed by atoms with Crippen LogP contribution < -0.4 is 10.1 Å². The van der Waals surface area contributed by atoms with Crippen molar-refractivity contribution in [2.75, 3.05) is 46.4 Å². The van der Waals surface area contributed by atoms with Crippen molar-refractivity contribution >= 4 is 11.8 Å². The molecule has 1 aromatic heterocycles. The van der Waals surface area contributed by atoms with Gasteiger partial charge in [-0.15, -0.1) is 0 Å². The summed E-state index contributed by atoms with van der Waals surface area (Å²) in [4.78, 5) is 28.3. The number of furan rings is 1. The maximum atomic E-state index is 12.2. The number of carbonyl (C=O) groups is 2. The zero-order valence-electron chi connectivity index (χ0n) is 16.2. The van der Waals surface area contributed by atoms with Gasteiger partial charge in [-0.1, -0.05) is 12.1 Å². The fourth-order valence-electron chi connectivity index (χ4n) is 3.22. The molecule has 28 heavy (non-hydrogen) atoms. The van der Waals surface area contributed by atoms with Crippen molar-refractivity contribution in [2.45, 2.75) is 12.8 Å². The van der Waals surface area contributed by atoms with E-state index in [0.717, 1.165) is 25.3 Å². The lowest BCUT2D eigenvalue weighted by molar-refractivity contribution is -0.121. The van der Waals surface area contributed by atoms with Crippen molar-refractivity contribution < 1.29 is 18.7 Å². The molecule has 0 radical (unpaired) electrons. The summed E-state index contributed by atoms with van der Waals surface area (Å²) in [5.74, 6) is 1.20. The zero-order chi connectivity index (χ0) is 19.8. The summed E-state index contributed by atoms with van der Waals surface area (Å²) in [6, 6.07) is 11.3. The third-order valence-corrected chi connectivity index (χ3v) is 4.94. The lowest BCUT2D eigenvalue weighted by Gasteiger charge is -2.34. The largest absolute Gasteiger partial charge is 0.497 e. The normalized spacial score (nSPS) is 14.7. The van der Waals surface area contributed by atoms with Gasteiger partial charge in [-0.3, -0.25) is 14.5 Å². The van der Waals surface area contributed by atoms with E-state index in [0.29, 0.717) is 38.4 Å². The molecule has 0 saturated carbocycles. The first-order valence-electron chi connectivity index (χ1n) is 9.60. The van der Waals surface area contributed by atoms with Crippen LogP contribution in [0.2, 0.25) is 0 Å². The van der Waals surface area contributed by atoms with E-state index >= 15 is 0 Å². The lowest BCUT2D eigenvalue weighted by Crippen LogP contribution is -2.49. The highest BCUT2D eigenvalue weighted by molar-refractivity contribution is 5.91. The molecule has 0 spiro atoms. The summed E-state index contributed by atoms with van der Waals surface area (Å²) in [7, 11) is 1.64. The summed E-state index contributed by atoms with van der Waals surface area (Å²) < 4.78 is 10.3. The molecule has 1 saturated heterocycles. The SMILES string of the molecule is COc1ccc(CCNC(=O)CCN2CCN(C(=O)c3ccco3)CC2)cc1. The highest BCUT2D eigenvalue weighted by atomic mass is 16.5. The van der Waals surface area contributed by atoms with Gasteiger partial charge in [-0.2, -0.15) is 0 Å². The first-order chi connectivity index (χ1) is 13.7. The number of methoxy groups -OCH3 is 1. The Morgan fingerprint density at radius 2 is 1.86 bits per heavy atom. The number of amides is 2. The minimum Gasteiger partial charge on any atom is -0.497 e. The number of benzene rings is 1. The molecular weight excluding hydrogens is 358 g/mol. The molecule has 2 aromatic rings. The second-order valence-corrected chi connectivity index (χ2v) is 6.81. The van der Waals surface area contributed by atoms with E-state index in [1.165, 1.54) is 11.8 Å². The summed E-state index contributed by atoms with van der Waals surface area (Å²) in [6.07, 6.45) is 2.77. The average Bonchev–Trinajstić information content (AvgIpc) is 3.27. The van der Waals surface area contributed by atoms with Crippen LogP contribution in [-0.4, -0.2) is 68.0 Å². The fraction of sp³-hybridized carbons (Fsp3) is 0.429. The van der Waals surface area contributed by atoms with Crippen LogP contribution in [0.1, 0.15) is 22.5 Å². The second kappa shape index (κ2) is 9.94. The molecule has 1 fully saturated rings. The minimum absolute atomic E-state index is 0.0580. The summed E-state index contributed by atoms with van der Waals surface area (Å²) in [6.45, 7) is 4.17. The van der Waals surface area contributed by atoms with E-state index in [4.69, 9.17) is 9.15 Å². The van der Waals surface area contributed by atoms with Gasteiger partial charge in [0.1, 0.15) is 5.75 Å². The quantitative estimate of drug-likeness (QED) is 0.750. The molecule has 2 amide bonds. The van der Waals surface area contributed by atoms with Gasteiger partial charge < -0.3 is 19.4 Å². The summed E-state index contributed by atoms with van der Waals surface area (Å²) in [5, 5.41) is 2.97. The Labute approximate surface area is 165 Å². The molecule has 1 N–H and O–H groups in total. The van der Waals surface area contributed by atoms with Gasteiger partial charge in [0.2, 0.25) is 5.91 Å². The molecule has 3 rings (SSSR count). The van der Waals surface area contributed by atoms with Crippen LogP contribution in [-0.2, 0) is 11.2 Å². The zero-order valence-corrected chi connectivity index (χ0v) is 16.2. The number of carbonyl (C=O) groups excluding carboxylic acids is 2. The maximum Gasteiger partial charge on any atom is 0.289 e.